The van der Waals surface area contributed by atoms with Gasteiger partial charge in [-0.2, -0.15) is 13.2 Å². The number of hydrogen-bond donors (Lipinski definition) is 1. The zero-order valence-electron chi connectivity index (χ0n) is 9.90. The zero-order valence-corrected chi connectivity index (χ0v) is 10.7. The Morgan fingerprint density at radius 2 is 2.00 bits per heavy atom. The van der Waals surface area contributed by atoms with Crippen LogP contribution in [-0.4, -0.2) is 45.2 Å². The first-order valence-corrected chi connectivity index (χ1v) is 6.43. The highest BCUT2D eigenvalue weighted by molar-refractivity contribution is 8.00. The number of halogens is 3. The predicted molar refractivity (Wildman–Crippen MR) is 60.0 cm³/mol. The van der Waals surface area contributed by atoms with Crippen LogP contribution in [-0.2, 0) is 9.59 Å². The molecule has 0 radical (unpaired) electrons. The normalized spacial score (nSPS) is 24.7. The molecule has 1 N–H and O–H groups in total. The maximum Gasteiger partial charge on any atom is 0.471 e. The molecule has 0 bridgehead atoms. The van der Waals surface area contributed by atoms with E-state index in [0.717, 1.165) is 11.8 Å². The summed E-state index contributed by atoms with van der Waals surface area (Å²) in [5.41, 5.74) is 0. The van der Waals surface area contributed by atoms with Crippen molar-refractivity contribution in [2.45, 2.75) is 37.9 Å². The molecule has 1 rings (SSSR count). The molecule has 1 fully saturated rings. The van der Waals surface area contributed by atoms with Crippen LogP contribution < -0.4 is 0 Å². The molecule has 8 heteroatoms. The van der Waals surface area contributed by atoms with Gasteiger partial charge in [0.25, 0.3) is 0 Å². The number of nitrogens with zero attached hydrogens (tertiary/aromatic N) is 1. The van der Waals surface area contributed by atoms with Crippen LogP contribution in [0.2, 0.25) is 0 Å². The average Bonchev–Trinajstić information content (AvgIpc) is 2.57. The number of thioether (sulfide) groups is 1. The molecule has 1 aliphatic heterocycles. The number of aliphatic carboxylic acids is 1. The molecule has 104 valence electrons. The van der Waals surface area contributed by atoms with Gasteiger partial charge in [0.2, 0.25) is 0 Å². The maximum absolute atomic E-state index is 12.5. The first-order valence-electron chi connectivity index (χ1n) is 5.38. The van der Waals surface area contributed by atoms with Crippen molar-refractivity contribution in [1.29, 1.82) is 0 Å². The molecular formula is C10H14F3NO3S. The van der Waals surface area contributed by atoms with Crippen molar-refractivity contribution < 1.29 is 27.9 Å². The van der Waals surface area contributed by atoms with Gasteiger partial charge < -0.3 is 10.0 Å². The standard InChI is InChI=1S/C10H14F3NO3S/c1-5(2)3-7-14(9(17)10(11,12)13)6(4-18-7)8(15)16/h5-7H,3-4H2,1-2H3,(H,15,16). The quantitative estimate of drug-likeness (QED) is 0.861. The molecule has 0 aromatic heterocycles. The monoisotopic (exact) mass is 285 g/mol. The number of carboxylic acids is 1. The molecule has 1 amide bonds. The number of carbonyl (C=O) groups excluding carboxylic acids is 1. The minimum Gasteiger partial charge on any atom is -0.480 e. The predicted octanol–water partition coefficient (Wildman–Crippen LogP) is 1.95. The van der Waals surface area contributed by atoms with Gasteiger partial charge >= 0.3 is 18.1 Å². The highest BCUT2D eigenvalue weighted by Crippen LogP contribution is 2.36. The Balaban J connectivity index is 2.95. The van der Waals surface area contributed by atoms with E-state index in [1.807, 2.05) is 13.8 Å². The Labute approximate surface area is 107 Å². The third-order valence-electron chi connectivity index (χ3n) is 2.53. The molecule has 0 aromatic carbocycles. The van der Waals surface area contributed by atoms with Crippen LogP contribution in [0.15, 0.2) is 0 Å². The van der Waals surface area contributed by atoms with Gasteiger partial charge in [-0.15, -0.1) is 11.8 Å². The Hall–Kier alpha value is -0.920. The summed E-state index contributed by atoms with van der Waals surface area (Å²) >= 11 is 1.08. The second-order valence-corrected chi connectivity index (χ2v) is 5.69. The molecule has 0 aromatic rings. The molecule has 1 aliphatic rings. The average molecular weight is 285 g/mol. The van der Waals surface area contributed by atoms with Crippen molar-refractivity contribution in [3.63, 3.8) is 0 Å². The molecule has 4 nitrogen and oxygen atoms in total. The third kappa shape index (κ3) is 3.30. The van der Waals surface area contributed by atoms with Crippen LogP contribution in [0.5, 0.6) is 0 Å². The second kappa shape index (κ2) is 5.38. The van der Waals surface area contributed by atoms with E-state index in [1.165, 1.54) is 0 Å². The minimum absolute atomic E-state index is 0.00542. The summed E-state index contributed by atoms with van der Waals surface area (Å²) in [6, 6.07) is -1.40. The highest BCUT2D eigenvalue weighted by atomic mass is 32.2. The fourth-order valence-corrected chi connectivity index (χ4v) is 3.39. The lowest BCUT2D eigenvalue weighted by Gasteiger charge is -2.28. The Morgan fingerprint density at radius 3 is 2.39 bits per heavy atom. The largest absolute Gasteiger partial charge is 0.480 e. The third-order valence-corrected chi connectivity index (χ3v) is 3.84. The Morgan fingerprint density at radius 1 is 1.44 bits per heavy atom. The second-order valence-electron chi connectivity index (χ2n) is 4.48. The Bertz CT molecular complexity index is 346. The van der Waals surface area contributed by atoms with Gasteiger partial charge in [-0.25, -0.2) is 4.79 Å². The van der Waals surface area contributed by atoms with E-state index in [9.17, 15) is 22.8 Å². The number of alkyl halides is 3. The SMILES string of the molecule is CC(C)CC1SCC(C(=O)O)N1C(=O)C(F)(F)F. The molecule has 2 unspecified atom stereocenters. The Kier molecular flexibility index (Phi) is 4.52. The summed E-state index contributed by atoms with van der Waals surface area (Å²) in [7, 11) is 0. The molecule has 0 spiro atoms. The first kappa shape index (κ1) is 15.1. The minimum atomic E-state index is -5.03. The van der Waals surface area contributed by atoms with Crippen molar-refractivity contribution in [3.05, 3.63) is 0 Å². The maximum atomic E-state index is 12.5. The van der Waals surface area contributed by atoms with Crippen LogP contribution in [0.4, 0.5) is 13.2 Å². The van der Waals surface area contributed by atoms with E-state index < -0.39 is 29.5 Å². The van der Waals surface area contributed by atoms with Crippen molar-refractivity contribution in [1.82, 2.24) is 4.90 Å². The van der Waals surface area contributed by atoms with E-state index in [-0.39, 0.29) is 11.7 Å². The van der Waals surface area contributed by atoms with E-state index in [2.05, 4.69) is 0 Å². The molecule has 0 aliphatic carbocycles. The summed E-state index contributed by atoms with van der Waals surface area (Å²) in [4.78, 5) is 22.7. The van der Waals surface area contributed by atoms with Crippen LogP contribution in [0.1, 0.15) is 20.3 Å². The summed E-state index contributed by atoms with van der Waals surface area (Å²) in [5, 5.41) is 8.15. The fraction of sp³-hybridized carbons (Fsp3) is 0.800. The highest BCUT2D eigenvalue weighted by Gasteiger charge is 2.51. The van der Waals surface area contributed by atoms with Crippen molar-refractivity contribution >= 4 is 23.6 Å². The lowest BCUT2D eigenvalue weighted by atomic mass is 10.1. The summed E-state index contributed by atoms with van der Waals surface area (Å²) in [6.45, 7) is 3.62. The number of carbonyl (C=O) groups is 2. The molecule has 0 saturated carbocycles. The van der Waals surface area contributed by atoms with Crippen LogP contribution in [0.25, 0.3) is 0 Å². The van der Waals surface area contributed by atoms with E-state index in [1.54, 1.807) is 0 Å². The molecule has 18 heavy (non-hydrogen) atoms. The van der Waals surface area contributed by atoms with Gasteiger partial charge in [0.15, 0.2) is 0 Å². The number of carboxylic acid groups (broad SMARTS) is 1. The molecular weight excluding hydrogens is 271 g/mol. The van der Waals surface area contributed by atoms with Gasteiger partial charge in [0.1, 0.15) is 6.04 Å². The topological polar surface area (TPSA) is 57.6 Å². The molecule has 1 heterocycles. The van der Waals surface area contributed by atoms with Gasteiger partial charge in [0, 0.05) is 5.75 Å². The van der Waals surface area contributed by atoms with E-state index in [4.69, 9.17) is 5.11 Å². The van der Waals surface area contributed by atoms with Crippen LogP contribution >= 0.6 is 11.8 Å². The summed E-state index contributed by atoms with van der Waals surface area (Å²) in [6.07, 6.45) is -4.69. The van der Waals surface area contributed by atoms with E-state index >= 15 is 0 Å². The summed E-state index contributed by atoms with van der Waals surface area (Å²) in [5.74, 6) is -3.38. The lowest BCUT2D eigenvalue weighted by molar-refractivity contribution is -0.189. The van der Waals surface area contributed by atoms with Crippen LogP contribution in [0, 0.1) is 5.92 Å². The van der Waals surface area contributed by atoms with Gasteiger partial charge in [0.05, 0.1) is 5.37 Å². The van der Waals surface area contributed by atoms with Crippen LogP contribution in [0.3, 0.4) is 0 Å². The molecule has 2 atom stereocenters. The fourth-order valence-electron chi connectivity index (χ4n) is 1.76. The first-order chi connectivity index (χ1) is 8.14. The lowest BCUT2D eigenvalue weighted by Crippen LogP contribution is -2.51. The molecule has 1 saturated heterocycles. The van der Waals surface area contributed by atoms with Gasteiger partial charge in [-0.3, -0.25) is 4.79 Å². The summed E-state index contributed by atoms with van der Waals surface area (Å²) < 4.78 is 37.4. The van der Waals surface area contributed by atoms with Crippen molar-refractivity contribution in [3.8, 4) is 0 Å². The number of amides is 1. The number of rotatable bonds is 3. The number of hydrogen-bond acceptors (Lipinski definition) is 3. The van der Waals surface area contributed by atoms with Gasteiger partial charge in [-0.1, -0.05) is 13.8 Å². The van der Waals surface area contributed by atoms with E-state index in [0.29, 0.717) is 11.3 Å². The zero-order chi connectivity index (χ0) is 14.1. The smallest absolute Gasteiger partial charge is 0.471 e. The van der Waals surface area contributed by atoms with Gasteiger partial charge in [-0.05, 0) is 12.3 Å². The van der Waals surface area contributed by atoms with Crippen molar-refractivity contribution in [2.24, 2.45) is 5.92 Å². The van der Waals surface area contributed by atoms with Crippen molar-refractivity contribution in [2.75, 3.05) is 5.75 Å².